The maximum absolute atomic E-state index is 5.78. The Morgan fingerprint density at radius 2 is 1.80 bits per heavy atom. The summed E-state index contributed by atoms with van der Waals surface area (Å²) in [5.74, 6) is 0.491. The van der Waals surface area contributed by atoms with Crippen molar-refractivity contribution in [3.63, 3.8) is 0 Å². The van der Waals surface area contributed by atoms with E-state index in [1.165, 1.54) is 22.3 Å². The highest BCUT2D eigenvalue weighted by Gasteiger charge is 2.03. The van der Waals surface area contributed by atoms with Gasteiger partial charge in [-0.05, 0) is 50.8 Å². The summed E-state index contributed by atoms with van der Waals surface area (Å²) in [5, 5.41) is 3.14. The van der Waals surface area contributed by atoms with E-state index in [1.54, 1.807) is 0 Å². The van der Waals surface area contributed by atoms with E-state index in [0.29, 0.717) is 12.5 Å². The molecule has 1 aromatic carbocycles. The molecule has 3 nitrogen and oxygen atoms in total. The summed E-state index contributed by atoms with van der Waals surface area (Å²) >= 11 is 0. The molecule has 112 valence electrons. The van der Waals surface area contributed by atoms with Crippen molar-refractivity contribution in [2.75, 3.05) is 13.1 Å². The molecule has 1 aromatic rings. The van der Waals surface area contributed by atoms with Gasteiger partial charge in [-0.1, -0.05) is 29.8 Å². The molecule has 0 saturated heterocycles. The SMILES string of the molecule is C=C(C)CN=C(N)NCCc1c(C)cc(C)cc1C.I. The van der Waals surface area contributed by atoms with Crippen LogP contribution >= 0.6 is 24.0 Å². The van der Waals surface area contributed by atoms with Gasteiger partial charge in [0.1, 0.15) is 0 Å². The number of rotatable bonds is 5. The highest BCUT2D eigenvalue weighted by atomic mass is 127. The molecule has 0 aliphatic heterocycles. The summed E-state index contributed by atoms with van der Waals surface area (Å²) in [7, 11) is 0. The van der Waals surface area contributed by atoms with Crippen LogP contribution in [0.2, 0.25) is 0 Å². The second kappa shape index (κ2) is 9.00. The monoisotopic (exact) mass is 387 g/mol. The lowest BCUT2D eigenvalue weighted by atomic mass is 9.97. The van der Waals surface area contributed by atoms with Crippen molar-refractivity contribution >= 4 is 29.9 Å². The highest BCUT2D eigenvalue weighted by molar-refractivity contribution is 14.0. The van der Waals surface area contributed by atoms with Crippen LogP contribution in [-0.2, 0) is 6.42 Å². The molecule has 0 radical (unpaired) electrons. The maximum atomic E-state index is 5.78. The Kier molecular flexibility index (Phi) is 8.53. The summed E-state index contributed by atoms with van der Waals surface area (Å²) in [4.78, 5) is 4.20. The van der Waals surface area contributed by atoms with E-state index in [4.69, 9.17) is 5.73 Å². The molecule has 3 N–H and O–H groups in total. The average Bonchev–Trinajstić information content (AvgIpc) is 2.29. The quantitative estimate of drug-likeness (QED) is 0.353. The Bertz CT molecular complexity index is 469. The standard InChI is InChI=1S/C16H25N3.HI/c1-11(2)10-19-16(17)18-7-6-15-13(4)8-12(3)9-14(15)5;/h8-9H,1,6-7,10H2,2-5H3,(H3,17,18,19);1H. The van der Waals surface area contributed by atoms with E-state index in [-0.39, 0.29) is 24.0 Å². The molecule has 20 heavy (non-hydrogen) atoms. The van der Waals surface area contributed by atoms with Gasteiger partial charge in [-0.3, -0.25) is 0 Å². The second-order valence-corrected chi connectivity index (χ2v) is 5.21. The number of hydrogen-bond donors (Lipinski definition) is 2. The summed E-state index contributed by atoms with van der Waals surface area (Å²) in [5.41, 5.74) is 12.2. The number of aryl methyl sites for hydroxylation is 3. The number of benzene rings is 1. The Balaban J connectivity index is 0.00000361. The zero-order valence-corrected chi connectivity index (χ0v) is 15.2. The molecule has 0 aromatic heterocycles. The van der Waals surface area contributed by atoms with Crippen molar-refractivity contribution in [2.24, 2.45) is 10.7 Å². The highest BCUT2D eigenvalue weighted by Crippen LogP contribution is 2.16. The molecule has 1 rings (SSSR count). The number of halogens is 1. The van der Waals surface area contributed by atoms with E-state index >= 15 is 0 Å². The minimum Gasteiger partial charge on any atom is -0.370 e. The Labute approximate surface area is 139 Å². The molecular formula is C16H26IN3. The van der Waals surface area contributed by atoms with Crippen molar-refractivity contribution in [3.05, 3.63) is 46.5 Å². The van der Waals surface area contributed by atoms with Crippen LogP contribution in [0, 0.1) is 20.8 Å². The van der Waals surface area contributed by atoms with Crippen molar-refractivity contribution in [2.45, 2.75) is 34.1 Å². The largest absolute Gasteiger partial charge is 0.370 e. The third-order valence-electron chi connectivity index (χ3n) is 3.04. The van der Waals surface area contributed by atoms with Crippen LogP contribution < -0.4 is 11.1 Å². The van der Waals surface area contributed by atoms with Gasteiger partial charge in [0.25, 0.3) is 0 Å². The zero-order chi connectivity index (χ0) is 14.4. The fourth-order valence-electron chi connectivity index (χ4n) is 2.20. The number of guanidine groups is 1. The van der Waals surface area contributed by atoms with Gasteiger partial charge < -0.3 is 11.1 Å². The van der Waals surface area contributed by atoms with Crippen molar-refractivity contribution in [1.29, 1.82) is 0 Å². The number of nitrogens with zero attached hydrogens (tertiary/aromatic N) is 1. The molecular weight excluding hydrogens is 361 g/mol. The van der Waals surface area contributed by atoms with Gasteiger partial charge in [-0.15, -0.1) is 24.0 Å². The second-order valence-electron chi connectivity index (χ2n) is 5.21. The van der Waals surface area contributed by atoms with Gasteiger partial charge in [-0.25, -0.2) is 4.99 Å². The molecule has 0 fully saturated rings. The zero-order valence-electron chi connectivity index (χ0n) is 12.9. The molecule has 0 aliphatic carbocycles. The van der Waals surface area contributed by atoms with Gasteiger partial charge in [0.15, 0.2) is 5.96 Å². The van der Waals surface area contributed by atoms with Gasteiger partial charge in [0.05, 0.1) is 6.54 Å². The van der Waals surface area contributed by atoms with Crippen molar-refractivity contribution in [1.82, 2.24) is 5.32 Å². The molecule has 0 aliphatic rings. The first-order chi connectivity index (χ1) is 8.90. The van der Waals surface area contributed by atoms with Crippen LogP contribution in [-0.4, -0.2) is 19.0 Å². The number of nitrogens with two attached hydrogens (primary N) is 1. The lowest BCUT2D eigenvalue weighted by molar-refractivity contribution is 0.842. The number of nitrogens with one attached hydrogen (secondary N) is 1. The summed E-state index contributed by atoms with van der Waals surface area (Å²) in [6.07, 6.45) is 0.960. The Morgan fingerprint density at radius 1 is 1.25 bits per heavy atom. The Hall–Kier alpha value is -1.04. The normalized spacial score (nSPS) is 10.9. The van der Waals surface area contributed by atoms with Crippen LogP contribution in [0.15, 0.2) is 29.3 Å². The number of aliphatic imine (C=N–C) groups is 1. The van der Waals surface area contributed by atoms with E-state index in [2.05, 4.69) is 49.8 Å². The van der Waals surface area contributed by atoms with Crippen LogP contribution in [0.5, 0.6) is 0 Å². The minimum atomic E-state index is 0. The molecule has 0 amide bonds. The van der Waals surface area contributed by atoms with E-state index < -0.39 is 0 Å². The van der Waals surface area contributed by atoms with Gasteiger partial charge in [0, 0.05) is 6.54 Å². The maximum Gasteiger partial charge on any atom is 0.188 e. The number of hydrogen-bond acceptors (Lipinski definition) is 1. The third kappa shape index (κ3) is 6.41. The first-order valence-electron chi connectivity index (χ1n) is 6.65. The van der Waals surface area contributed by atoms with E-state index in [9.17, 15) is 0 Å². The third-order valence-corrected chi connectivity index (χ3v) is 3.04. The van der Waals surface area contributed by atoms with Crippen LogP contribution in [0.3, 0.4) is 0 Å². The van der Waals surface area contributed by atoms with Crippen molar-refractivity contribution in [3.8, 4) is 0 Å². The fraction of sp³-hybridized carbons (Fsp3) is 0.438. The molecule has 0 bridgehead atoms. The topological polar surface area (TPSA) is 50.4 Å². The smallest absolute Gasteiger partial charge is 0.188 e. The van der Waals surface area contributed by atoms with Crippen LogP contribution in [0.25, 0.3) is 0 Å². The van der Waals surface area contributed by atoms with Gasteiger partial charge >= 0.3 is 0 Å². The predicted octanol–water partition coefficient (Wildman–Crippen LogP) is 3.25. The van der Waals surface area contributed by atoms with Crippen LogP contribution in [0.1, 0.15) is 29.2 Å². The van der Waals surface area contributed by atoms with Crippen molar-refractivity contribution < 1.29 is 0 Å². The first-order valence-corrected chi connectivity index (χ1v) is 6.65. The fourth-order valence-corrected chi connectivity index (χ4v) is 2.20. The molecule has 0 spiro atoms. The van der Waals surface area contributed by atoms with E-state index in [0.717, 1.165) is 18.5 Å². The molecule has 0 atom stereocenters. The van der Waals surface area contributed by atoms with Gasteiger partial charge in [-0.2, -0.15) is 0 Å². The minimum absolute atomic E-state index is 0. The van der Waals surface area contributed by atoms with Gasteiger partial charge in [0.2, 0.25) is 0 Å². The van der Waals surface area contributed by atoms with Crippen LogP contribution in [0.4, 0.5) is 0 Å². The summed E-state index contributed by atoms with van der Waals surface area (Å²) in [6.45, 7) is 13.6. The molecule has 0 saturated carbocycles. The lowest BCUT2D eigenvalue weighted by Gasteiger charge is -2.12. The molecule has 4 heteroatoms. The van der Waals surface area contributed by atoms with E-state index in [1.807, 2.05) is 6.92 Å². The lowest BCUT2D eigenvalue weighted by Crippen LogP contribution is -2.33. The summed E-state index contributed by atoms with van der Waals surface area (Å²) < 4.78 is 0. The molecule has 0 heterocycles. The first kappa shape index (κ1) is 19.0. The molecule has 0 unspecified atom stereocenters. The Morgan fingerprint density at radius 3 is 2.30 bits per heavy atom. The average molecular weight is 387 g/mol. The summed E-state index contributed by atoms with van der Waals surface area (Å²) in [6, 6.07) is 4.45. The predicted molar refractivity (Wildman–Crippen MR) is 99.1 cm³/mol.